The lowest BCUT2D eigenvalue weighted by Gasteiger charge is -2.16. The predicted molar refractivity (Wildman–Crippen MR) is 112 cm³/mol. The summed E-state index contributed by atoms with van der Waals surface area (Å²) in [6.07, 6.45) is 3.02. The number of para-hydroxylation sites is 1. The van der Waals surface area contributed by atoms with Crippen LogP contribution in [0.3, 0.4) is 0 Å². The minimum Gasteiger partial charge on any atom is -0.497 e. The molecule has 0 spiro atoms. The molecule has 1 amide bonds. The largest absolute Gasteiger partial charge is 0.497 e. The number of hydrogen-bond acceptors (Lipinski definition) is 5. The Kier molecular flexibility index (Phi) is 5.89. The molecule has 0 aliphatic heterocycles. The van der Waals surface area contributed by atoms with E-state index in [-0.39, 0.29) is 5.91 Å². The van der Waals surface area contributed by atoms with Gasteiger partial charge in [-0.25, -0.2) is 9.97 Å². The Morgan fingerprint density at radius 1 is 1.07 bits per heavy atom. The maximum Gasteiger partial charge on any atom is 0.258 e. The summed E-state index contributed by atoms with van der Waals surface area (Å²) < 4.78 is 5.17. The highest BCUT2D eigenvalue weighted by molar-refractivity contribution is 6.04. The normalized spacial score (nSPS) is 10.6. The summed E-state index contributed by atoms with van der Waals surface area (Å²) >= 11 is 0. The standard InChI is InChI=1S/C22H24N4O2/c1-14(2)19-10-5-7-15(3)20(19)26-22-23-12-16(13-24-22)21(27)25-17-8-6-9-18(11-17)28-4/h5-14H,1-4H3,(H,25,27)(H,23,24,26). The Balaban J connectivity index is 1.74. The van der Waals surface area contributed by atoms with Crippen LogP contribution in [0.25, 0.3) is 0 Å². The Labute approximate surface area is 165 Å². The van der Waals surface area contributed by atoms with Crippen molar-refractivity contribution in [3.63, 3.8) is 0 Å². The van der Waals surface area contributed by atoms with Crippen LogP contribution in [0.5, 0.6) is 5.75 Å². The molecule has 0 atom stereocenters. The van der Waals surface area contributed by atoms with Crippen molar-refractivity contribution in [2.24, 2.45) is 0 Å². The molecule has 0 aliphatic carbocycles. The molecule has 0 aliphatic rings. The summed E-state index contributed by atoms with van der Waals surface area (Å²) in [7, 11) is 1.58. The van der Waals surface area contributed by atoms with Crippen molar-refractivity contribution in [1.29, 1.82) is 0 Å². The van der Waals surface area contributed by atoms with Crippen LogP contribution in [0.2, 0.25) is 0 Å². The molecule has 3 rings (SSSR count). The first kappa shape index (κ1) is 19.4. The number of nitrogens with zero attached hydrogens (tertiary/aromatic N) is 2. The van der Waals surface area contributed by atoms with Crippen molar-refractivity contribution in [3.05, 3.63) is 71.5 Å². The van der Waals surface area contributed by atoms with Gasteiger partial charge in [0.1, 0.15) is 5.75 Å². The summed E-state index contributed by atoms with van der Waals surface area (Å²) in [4.78, 5) is 21.0. The Hall–Kier alpha value is -3.41. The van der Waals surface area contributed by atoms with E-state index in [0.717, 1.165) is 11.3 Å². The van der Waals surface area contributed by atoms with Crippen molar-refractivity contribution in [2.75, 3.05) is 17.7 Å². The van der Waals surface area contributed by atoms with E-state index in [9.17, 15) is 4.79 Å². The van der Waals surface area contributed by atoms with Crippen molar-refractivity contribution in [1.82, 2.24) is 9.97 Å². The van der Waals surface area contributed by atoms with Crippen LogP contribution < -0.4 is 15.4 Å². The lowest BCUT2D eigenvalue weighted by atomic mass is 9.98. The van der Waals surface area contributed by atoms with E-state index in [2.05, 4.69) is 40.5 Å². The van der Waals surface area contributed by atoms with Gasteiger partial charge in [-0.15, -0.1) is 0 Å². The number of methoxy groups -OCH3 is 1. The van der Waals surface area contributed by atoms with Crippen LogP contribution in [-0.4, -0.2) is 23.0 Å². The molecule has 144 valence electrons. The summed E-state index contributed by atoms with van der Waals surface area (Å²) in [5.41, 5.74) is 4.35. The highest BCUT2D eigenvalue weighted by Crippen LogP contribution is 2.29. The Morgan fingerprint density at radius 3 is 2.46 bits per heavy atom. The molecular weight excluding hydrogens is 352 g/mol. The molecular formula is C22H24N4O2. The number of amides is 1. The summed E-state index contributed by atoms with van der Waals surface area (Å²) in [6, 6.07) is 13.4. The highest BCUT2D eigenvalue weighted by Gasteiger charge is 2.12. The molecule has 0 unspecified atom stereocenters. The molecule has 1 aromatic heterocycles. The second-order valence-corrected chi connectivity index (χ2v) is 6.80. The van der Waals surface area contributed by atoms with Gasteiger partial charge >= 0.3 is 0 Å². The van der Waals surface area contributed by atoms with E-state index in [1.807, 2.05) is 31.2 Å². The van der Waals surface area contributed by atoms with E-state index in [4.69, 9.17) is 4.74 Å². The predicted octanol–water partition coefficient (Wildman–Crippen LogP) is 4.91. The van der Waals surface area contributed by atoms with E-state index in [0.29, 0.717) is 28.9 Å². The molecule has 0 radical (unpaired) electrons. The number of hydrogen-bond donors (Lipinski definition) is 2. The van der Waals surface area contributed by atoms with Gasteiger partial charge in [0.05, 0.1) is 12.7 Å². The molecule has 28 heavy (non-hydrogen) atoms. The monoisotopic (exact) mass is 376 g/mol. The number of ether oxygens (including phenoxy) is 1. The van der Waals surface area contributed by atoms with Crippen LogP contribution in [0.15, 0.2) is 54.9 Å². The maximum absolute atomic E-state index is 12.4. The number of carbonyl (C=O) groups is 1. The third-order valence-electron chi connectivity index (χ3n) is 4.41. The van der Waals surface area contributed by atoms with Gasteiger partial charge < -0.3 is 15.4 Å². The van der Waals surface area contributed by atoms with Crippen LogP contribution >= 0.6 is 0 Å². The third-order valence-corrected chi connectivity index (χ3v) is 4.41. The Morgan fingerprint density at radius 2 is 1.79 bits per heavy atom. The smallest absolute Gasteiger partial charge is 0.258 e. The van der Waals surface area contributed by atoms with Gasteiger partial charge in [0, 0.05) is 29.8 Å². The molecule has 2 aromatic carbocycles. The van der Waals surface area contributed by atoms with E-state index in [1.165, 1.54) is 18.0 Å². The summed E-state index contributed by atoms with van der Waals surface area (Å²) in [5.74, 6) is 1.22. The van der Waals surface area contributed by atoms with Crippen molar-refractivity contribution in [2.45, 2.75) is 26.7 Å². The first-order valence-corrected chi connectivity index (χ1v) is 9.12. The van der Waals surface area contributed by atoms with Crippen LogP contribution in [-0.2, 0) is 0 Å². The zero-order valence-corrected chi connectivity index (χ0v) is 16.5. The fourth-order valence-electron chi connectivity index (χ4n) is 2.87. The lowest BCUT2D eigenvalue weighted by Crippen LogP contribution is -2.13. The van der Waals surface area contributed by atoms with Crippen molar-refractivity contribution in [3.8, 4) is 5.75 Å². The van der Waals surface area contributed by atoms with Gasteiger partial charge in [0.2, 0.25) is 5.95 Å². The SMILES string of the molecule is COc1cccc(NC(=O)c2cnc(Nc3c(C)cccc3C(C)C)nc2)c1. The molecule has 2 N–H and O–H groups in total. The van der Waals surface area contributed by atoms with Gasteiger partial charge in [0.25, 0.3) is 5.91 Å². The molecule has 3 aromatic rings. The van der Waals surface area contributed by atoms with Gasteiger partial charge in [-0.2, -0.15) is 0 Å². The molecule has 0 saturated heterocycles. The Bertz CT molecular complexity index is 969. The van der Waals surface area contributed by atoms with E-state index in [1.54, 1.807) is 19.2 Å². The van der Waals surface area contributed by atoms with Gasteiger partial charge in [-0.05, 0) is 36.1 Å². The molecule has 1 heterocycles. The number of nitrogens with one attached hydrogen (secondary N) is 2. The molecule has 0 bridgehead atoms. The fourth-order valence-corrected chi connectivity index (χ4v) is 2.87. The van der Waals surface area contributed by atoms with E-state index >= 15 is 0 Å². The molecule has 6 nitrogen and oxygen atoms in total. The molecule has 0 fully saturated rings. The first-order valence-electron chi connectivity index (χ1n) is 9.12. The number of anilines is 3. The maximum atomic E-state index is 12.4. The van der Waals surface area contributed by atoms with Crippen LogP contribution in [0, 0.1) is 6.92 Å². The van der Waals surface area contributed by atoms with Gasteiger partial charge in [-0.1, -0.05) is 38.1 Å². The first-order chi connectivity index (χ1) is 13.5. The minimum absolute atomic E-state index is 0.279. The van der Waals surface area contributed by atoms with E-state index < -0.39 is 0 Å². The second kappa shape index (κ2) is 8.52. The number of carbonyl (C=O) groups excluding carboxylic acids is 1. The molecule has 0 saturated carbocycles. The highest BCUT2D eigenvalue weighted by atomic mass is 16.5. The summed E-state index contributed by atoms with van der Waals surface area (Å²) in [5, 5.41) is 6.10. The van der Waals surface area contributed by atoms with Crippen LogP contribution in [0.1, 0.15) is 41.3 Å². The average Bonchev–Trinajstić information content (AvgIpc) is 2.70. The lowest BCUT2D eigenvalue weighted by molar-refractivity contribution is 0.102. The quantitative estimate of drug-likeness (QED) is 0.639. The zero-order valence-electron chi connectivity index (χ0n) is 16.5. The number of rotatable bonds is 6. The third kappa shape index (κ3) is 4.46. The number of aryl methyl sites for hydroxylation is 1. The number of aromatic nitrogens is 2. The fraction of sp³-hybridized carbons (Fsp3) is 0.227. The minimum atomic E-state index is -0.279. The summed E-state index contributed by atoms with van der Waals surface area (Å²) in [6.45, 7) is 6.34. The van der Waals surface area contributed by atoms with Crippen molar-refractivity contribution >= 4 is 23.2 Å². The molecule has 6 heteroatoms. The van der Waals surface area contributed by atoms with Crippen LogP contribution in [0.4, 0.5) is 17.3 Å². The topological polar surface area (TPSA) is 76.1 Å². The van der Waals surface area contributed by atoms with Crippen molar-refractivity contribution < 1.29 is 9.53 Å². The zero-order chi connectivity index (χ0) is 20.1. The van der Waals surface area contributed by atoms with Gasteiger partial charge in [-0.3, -0.25) is 4.79 Å². The average molecular weight is 376 g/mol. The number of benzene rings is 2. The second-order valence-electron chi connectivity index (χ2n) is 6.80. The van der Waals surface area contributed by atoms with Gasteiger partial charge in [0.15, 0.2) is 0 Å².